The fraction of sp³-hybridized carbons (Fsp3) is 0.154. The van der Waals surface area contributed by atoms with E-state index in [9.17, 15) is 4.79 Å². The predicted octanol–water partition coefficient (Wildman–Crippen LogP) is 3.91. The van der Waals surface area contributed by atoms with E-state index in [2.05, 4.69) is 21.2 Å². The summed E-state index contributed by atoms with van der Waals surface area (Å²) in [4.78, 5) is 10.8. The molecule has 18 heavy (non-hydrogen) atoms. The summed E-state index contributed by atoms with van der Waals surface area (Å²) in [5.74, 6) is -0.120. The fourth-order valence-corrected chi connectivity index (χ4v) is 2.10. The first-order valence-electron chi connectivity index (χ1n) is 5.40. The maximum Gasteiger partial charge on any atom is 0.335 e. The first-order valence-corrected chi connectivity index (χ1v) is 6.20. The first kappa shape index (κ1) is 12.7. The van der Waals surface area contributed by atoms with Gasteiger partial charge in [-0.2, -0.15) is 0 Å². The van der Waals surface area contributed by atoms with Crippen LogP contribution in [-0.4, -0.2) is 11.1 Å². The Balaban J connectivity index is 2.17. The van der Waals surface area contributed by atoms with Crippen molar-refractivity contribution in [1.29, 1.82) is 0 Å². The molecule has 1 aromatic carbocycles. The van der Waals surface area contributed by atoms with E-state index < -0.39 is 5.97 Å². The normalized spacial score (nSPS) is 12.1. The van der Waals surface area contributed by atoms with E-state index >= 15 is 0 Å². The maximum absolute atomic E-state index is 10.8. The van der Waals surface area contributed by atoms with Crippen molar-refractivity contribution in [3.63, 3.8) is 0 Å². The molecular weight excluding hydrogens is 298 g/mol. The Labute approximate surface area is 113 Å². The van der Waals surface area contributed by atoms with Gasteiger partial charge in [0.05, 0.1) is 17.9 Å². The minimum Gasteiger partial charge on any atom is -0.478 e. The number of hydrogen-bond donors (Lipinski definition) is 2. The number of rotatable bonds is 4. The number of carboxylic acid groups (broad SMARTS) is 1. The number of furan rings is 1. The molecule has 5 heteroatoms. The number of carbonyl (C=O) groups is 1. The van der Waals surface area contributed by atoms with Crippen molar-refractivity contribution in [3.05, 3.63) is 52.4 Å². The molecule has 0 fully saturated rings. The summed E-state index contributed by atoms with van der Waals surface area (Å²) >= 11 is 3.35. The molecule has 0 bridgehead atoms. The van der Waals surface area contributed by atoms with Gasteiger partial charge in [0.2, 0.25) is 0 Å². The average molecular weight is 310 g/mol. The second-order valence-electron chi connectivity index (χ2n) is 3.88. The second-order valence-corrected chi connectivity index (χ2v) is 4.74. The lowest BCUT2D eigenvalue weighted by molar-refractivity contribution is 0.0697. The van der Waals surface area contributed by atoms with Crippen LogP contribution < -0.4 is 5.32 Å². The van der Waals surface area contributed by atoms with Gasteiger partial charge in [0.1, 0.15) is 5.76 Å². The van der Waals surface area contributed by atoms with E-state index in [1.165, 1.54) is 0 Å². The molecule has 0 radical (unpaired) electrons. The zero-order valence-corrected chi connectivity index (χ0v) is 11.3. The number of nitrogens with one attached hydrogen (secondary N) is 1. The van der Waals surface area contributed by atoms with E-state index in [1.807, 2.05) is 19.1 Å². The molecule has 2 N–H and O–H groups in total. The van der Waals surface area contributed by atoms with E-state index in [1.54, 1.807) is 24.5 Å². The summed E-state index contributed by atoms with van der Waals surface area (Å²) < 4.78 is 6.01. The lowest BCUT2D eigenvalue weighted by atomic mass is 10.2. The zero-order valence-electron chi connectivity index (χ0n) is 9.68. The maximum atomic E-state index is 10.8. The van der Waals surface area contributed by atoms with E-state index in [0.717, 1.165) is 11.4 Å². The van der Waals surface area contributed by atoms with Gasteiger partial charge in [0.15, 0.2) is 0 Å². The number of halogens is 1. The molecule has 2 rings (SSSR count). The molecule has 0 aliphatic rings. The third-order valence-electron chi connectivity index (χ3n) is 2.56. The van der Waals surface area contributed by atoms with Gasteiger partial charge < -0.3 is 14.8 Å². The van der Waals surface area contributed by atoms with Crippen LogP contribution in [0.2, 0.25) is 0 Å². The molecule has 0 spiro atoms. The fourth-order valence-electron chi connectivity index (χ4n) is 1.61. The molecule has 2 aromatic rings. The van der Waals surface area contributed by atoms with Gasteiger partial charge in [-0.05, 0) is 53.2 Å². The van der Waals surface area contributed by atoms with Crippen LogP contribution in [0.4, 0.5) is 5.69 Å². The highest BCUT2D eigenvalue weighted by Crippen LogP contribution is 2.27. The average Bonchev–Trinajstić information content (AvgIpc) is 2.85. The van der Waals surface area contributed by atoms with Crippen molar-refractivity contribution < 1.29 is 14.3 Å². The van der Waals surface area contributed by atoms with Crippen LogP contribution in [0, 0.1) is 0 Å². The molecule has 1 atom stereocenters. The first-order chi connectivity index (χ1) is 8.58. The van der Waals surface area contributed by atoms with Crippen LogP contribution in [0.5, 0.6) is 0 Å². The minimum atomic E-state index is -0.943. The van der Waals surface area contributed by atoms with Gasteiger partial charge in [-0.25, -0.2) is 4.79 Å². The monoisotopic (exact) mass is 309 g/mol. The quantitative estimate of drug-likeness (QED) is 0.898. The highest BCUT2D eigenvalue weighted by molar-refractivity contribution is 9.10. The predicted molar refractivity (Wildman–Crippen MR) is 71.8 cm³/mol. The topological polar surface area (TPSA) is 62.5 Å². The highest BCUT2D eigenvalue weighted by Gasteiger charge is 2.11. The largest absolute Gasteiger partial charge is 0.478 e. The van der Waals surface area contributed by atoms with E-state index in [0.29, 0.717) is 4.47 Å². The molecule has 1 aromatic heterocycles. The lowest BCUT2D eigenvalue weighted by Gasteiger charge is -2.14. The van der Waals surface area contributed by atoms with Crippen LogP contribution in [0.25, 0.3) is 0 Å². The van der Waals surface area contributed by atoms with Crippen LogP contribution in [-0.2, 0) is 0 Å². The van der Waals surface area contributed by atoms with Crippen LogP contribution in [0.15, 0.2) is 45.5 Å². The number of benzene rings is 1. The van der Waals surface area contributed by atoms with Crippen LogP contribution >= 0.6 is 15.9 Å². The molecule has 1 unspecified atom stereocenters. The molecule has 94 valence electrons. The number of hydrogen-bond acceptors (Lipinski definition) is 3. The van der Waals surface area contributed by atoms with Gasteiger partial charge in [0.25, 0.3) is 0 Å². The molecule has 0 aliphatic carbocycles. The van der Waals surface area contributed by atoms with Crippen molar-refractivity contribution in [3.8, 4) is 0 Å². The second kappa shape index (κ2) is 5.27. The molecule has 0 saturated heterocycles. The number of aromatic carboxylic acids is 1. The SMILES string of the molecule is CC(Nc1ccc(C(=O)O)cc1Br)c1ccco1. The summed E-state index contributed by atoms with van der Waals surface area (Å²) in [5.41, 5.74) is 1.07. The Morgan fingerprint density at radius 2 is 2.22 bits per heavy atom. The standard InChI is InChI=1S/C13H12BrNO3/c1-8(12-3-2-6-18-12)15-11-5-4-9(13(16)17)7-10(11)14/h2-8,15H,1H3,(H,16,17). The zero-order chi connectivity index (χ0) is 13.1. The number of carboxylic acids is 1. The van der Waals surface area contributed by atoms with Crippen molar-refractivity contribution in [2.75, 3.05) is 5.32 Å². The molecule has 0 amide bonds. The lowest BCUT2D eigenvalue weighted by Crippen LogP contribution is -2.06. The van der Waals surface area contributed by atoms with Gasteiger partial charge in [-0.15, -0.1) is 0 Å². The Hall–Kier alpha value is -1.75. The Kier molecular flexibility index (Phi) is 3.72. The van der Waals surface area contributed by atoms with Gasteiger partial charge in [-0.3, -0.25) is 0 Å². The van der Waals surface area contributed by atoms with Gasteiger partial charge in [-0.1, -0.05) is 0 Å². The summed E-state index contributed by atoms with van der Waals surface area (Å²) in [5, 5.41) is 12.1. The van der Waals surface area contributed by atoms with Crippen molar-refractivity contribution >= 4 is 27.6 Å². The minimum absolute atomic E-state index is 0.00646. The Morgan fingerprint density at radius 3 is 2.78 bits per heavy atom. The van der Waals surface area contributed by atoms with Crippen LogP contribution in [0.1, 0.15) is 29.1 Å². The smallest absolute Gasteiger partial charge is 0.335 e. The molecule has 4 nitrogen and oxygen atoms in total. The van der Waals surface area contributed by atoms with E-state index in [-0.39, 0.29) is 11.6 Å². The Morgan fingerprint density at radius 1 is 1.44 bits per heavy atom. The van der Waals surface area contributed by atoms with Crippen molar-refractivity contribution in [2.45, 2.75) is 13.0 Å². The summed E-state index contributed by atoms with van der Waals surface area (Å²) in [6, 6.07) is 8.58. The summed E-state index contributed by atoms with van der Waals surface area (Å²) in [7, 11) is 0. The van der Waals surface area contributed by atoms with E-state index in [4.69, 9.17) is 9.52 Å². The van der Waals surface area contributed by atoms with Crippen molar-refractivity contribution in [2.24, 2.45) is 0 Å². The Bertz CT molecular complexity index is 551. The third kappa shape index (κ3) is 2.73. The number of anilines is 1. The summed E-state index contributed by atoms with van der Waals surface area (Å²) in [6.45, 7) is 1.97. The summed E-state index contributed by atoms with van der Waals surface area (Å²) in [6.07, 6.45) is 1.62. The van der Waals surface area contributed by atoms with Crippen LogP contribution in [0.3, 0.4) is 0 Å². The van der Waals surface area contributed by atoms with Gasteiger partial charge in [0, 0.05) is 10.2 Å². The third-order valence-corrected chi connectivity index (χ3v) is 3.21. The molecule has 0 saturated carbocycles. The van der Waals surface area contributed by atoms with Gasteiger partial charge >= 0.3 is 5.97 Å². The highest BCUT2D eigenvalue weighted by atomic mass is 79.9. The van der Waals surface area contributed by atoms with Crippen molar-refractivity contribution in [1.82, 2.24) is 0 Å². The molecular formula is C13H12BrNO3. The molecule has 0 aliphatic heterocycles. The molecule has 1 heterocycles.